The smallest absolute Gasteiger partial charge is 0.329 e. The molecule has 1 unspecified atom stereocenters. The largest absolute Gasteiger partial charge is 0.375 e. The summed E-state index contributed by atoms with van der Waals surface area (Å²) in [5.74, 6) is 0. The second-order valence-electron chi connectivity index (χ2n) is 3.60. The van der Waals surface area contributed by atoms with Crippen molar-refractivity contribution >= 4 is 6.03 Å². The molecule has 2 heterocycles. The zero-order valence-corrected chi connectivity index (χ0v) is 8.80. The lowest BCUT2D eigenvalue weighted by atomic mass is 10.2. The molecule has 1 aliphatic rings. The van der Waals surface area contributed by atoms with Crippen molar-refractivity contribution in [2.24, 2.45) is 0 Å². The van der Waals surface area contributed by atoms with Crippen LogP contribution in [-0.4, -0.2) is 46.3 Å². The highest BCUT2D eigenvalue weighted by Gasteiger charge is 2.23. The van der Waals surface area contributed by atoms with Crippen LogP contribution in [0.5, 0.6) is 0 Å². The maximum atomic E-state index is 11.9. The number of hydrogen-bond donors (Lipinski definition) is 0. The standard InChI is InChI=1S/C10H15N3O2/c1-2-9-7-12(5-6-15-9)10(14)13-4-3-11-8-13/h3-4,8-9H,2,5-7H2,1H3. The van der Waals surface area contributed by atoms with E-state index in [1.54, 1.807) is 17.3 Å². The molecule has 2 rings (SSSR count). The van der Waals surface area contributed by atoms with Gasteiger partial charge in [0.1, 0.15) is 6.33 Å². The van der Waals surface area contributed by atoms with Crippen molar-refractivity contribution in [3.8, 4) is 0 Å². The number of carbonyl (C=O) groups excluding carboxylic acids is 1. The molecule has 0 bridgehead atoms. The fraction of sp³-hybridized carbons (Fsp3) is 0.600. The molecule has 1 fully saturated rings. The number of imidazole rings is 1. The summed E-state index contributed by atoms with van der Waals surface area (Å²) in [7, 11) is 0. The van der Waals surface area contributed by atoms with Crippen molar-refractivity contribution in [1.82, 2.24) is 14.5 Å². The monoisotopic (exact) mass is 209 g/mol. The number of nitrogens with zero attached hydrogens (tertiary/aromatic N) is 3. The van der Waals surface area contributed by atoms with Crippen LogP contribution in [0.4, 0.5) is 4.79 Å². The fourth-order valence-electron chi connectivity index (χ4n) is 1.68. The maximum Gasteiger partial charge on any atom is 0.329 e. The molecule has 1 aromatic rings. The Morgan fingerprint density at radius 1 is 1.67 bits per heavy atom. The van der Waals surface area contributed by atoms with Crippen molar-refractivity contribution in [1.29, 1.82) is 0 Å². The van der Waals surface area contributed by atoms with Crippen LogP contribution in [0.2, 0.25) is 0 Å². The van der Waals surface area contributed by atoms with E-state index in [9.17, 15) is 4.79 Å². The highest BCUT2D eigenvalue weighted by Crippen LogP contribution is 2.09. The highest BCUT2D eigenvalue weighted by atomic mass is 16.5. The van der Waals surface area contributed by atoms with E-state index < -0.39 is 0 Å². The van der Waals surface area contributed by atoms with Gasteiger partial charge in [0, 0.05) is 25.5 Å². The number of hydrogen-bond acceptors (Lipinski definition) is 3. The normalized spacial score (nSPS) is 21.7. The third-order valence-corrected chi connectivity index (χ3v) is 2.59. The Morgan fingerprint density at radius 2 is 2.53 bits per heavy atom. The second-order valence-corrected chi connectivity index (χ2v) is 3.60. The van der Waals surface area contributed by atoms with Gasteiger partial charge in [0.25, 0.3) is 0 Å². The van der Waals surface area contributed by atoms with Crippen LogP contribution in [0.3, 0.4) is 0 Å². The van der Waals surface area contributed by atoms with Crippen LogP contribution in [0.15, 0.2) is 18.7 Å². The summed E-state index contributed by atoms with van der Waals surface area (Å²) >= 11 is 0. The Balaban J connectivity index is 2.01. The van der Waals surface area contributed by atoms with E-state index in [2.05, 4.69) is 11.9 Å². The van der Waals surface area contributed by atoms with E-state index in [0.29, 0.717) is 19.7 Å². The van der Waals surface area contributed by atoms with E-state index in [4.69, 9.17) is 4.74 Å². The average molecular weight is 209 g/mol. The third kappa shape index (κ3) is 2.18. The van der Waals surface area contributed by atoms with E-state index in [1.807, 2.05) is 0 Å². The summed E-state index contributed by atoms with van der Waals surface area (Å²) in [4.78, 5) is 17.6. The molecule has 1 amide bonds. The summed E-state index contributed by atoms with van der Waals surface area (Å²) in [6, 6.07) is -0.0192. The third-order valence-electron chi connectivity index (χ3n) is 2.59. The molecule has 1 atom stereocenters. The minimum atomic E-state index is -0.0192. The molecule has 5 heteroatoms. The molecule has 0 spiro atoms. The van der Waals surface area contributed by atoms with Crippen molar-refractivity contribution in [3.05, 3.63) is 18.7 Å². The molecular formula is C10H15N3O2. The van der Waals surface area contributed by atoms with E-state index in [0.717, 1.165) is 6.42 Å². The van der Waals surface area contributed by atoms with Gasteiger partial charge in [-0.15, -0.1) is 0 Å². The Kier molecular flexibility index (Phi) is 3.01. The van der Waals surface area contributed by atoms with Gasteiger partial charge in [0.15, 0.2) is 0 Å². The van der Waals surface area contributed by atoms with E-state index >= 15 is 0 Å². The summed E-state index contributed by atoms with van der Waals surface area (Å²) in [5.41, 5.74) is 0. The first-order valence-electron chi connectivity index (χ1n) is 5.20. The van der Waals surface area contributed by atoms with Gasteiger partial charge >= 0.3 is 6.03 Å². The molecule has 1 aromatic heterocycles. The Morgan fingerprint density at radius 3 is 3.20 bits per heavy atom. The van der Waals surface area contributed by atoms with Gasteiger partial charge < -0.3 is 9.64 Å². The lowest BCUT2D eigenvalue weighted by Crippen LogP contribution is -2.46. The highest BCUT2D eigenvalue weighted by molar-refractivity contribution is 5.76. The molecule has 82 valence electrons. The van der Waals surface area contributed by atoms with Gasteiger partial charge in [-0.25, -0.2) is 9.78 Å². The molecule has 0 aromatic carbocycles. The lowest BCUT2D eigenvalue weighted by Gasteiger charge is -2.32. The zero-order chi connectivity index (χ0) is 10.7. The van der Waals surface area contributed by atoms with Crippen molar-refractivity contribution < 1.29 is 9.53 Å². The van der Waals surface area contributed by atoms with Crippen LogP contribution in [0, 0.1) is 0 Å². The van der Waals surface area contributed by atoms with Crippen molar-refractivity contribution in [3.63, 3.8) is 0 Å². The Bertz CT molecular complexity index is 323. The van der Waals surface area contributed by atoms with Crippen LogP contribution in [-0.2, 0) is 4.74 Å². The molecule has 5 nitrogen and oxygen atoms in total. The average Bonchev–Trinajstić information content (AvgIpc) is 2.81. The molecule has 1 aliphatic heterocycles. The van der Waals surface area contributed by atoms with Crippen LogP contribution >= 0.6 is 0 Å². The SMILES string of the molecule is CCC1CN(C(=O)n2ccnc2)CCO1. The van der Waals surface area contributed by atoms with Crippen molar-refractivity contribution in [2.45, 2.75) is 19.4 Å². The van der Waals surface area contributed by atoms with Gasteiger partial charge in [-0.05, 0) is 6.42 Å². The number of rotatable bonds is 1. The Labute approximate surface area is 88.7 Å². The van der Waals surface area contributed by atoms with Crippen LogP contribution < -0.4 is 0 Å². The lowest BCUT2D eigenvalue weighted by molar-refractivity contribution is -0.0151. The summed E-state index contributed by atoms with van der Waals surface area (Å²) in [5, 5.41) is 0. The second kappa shape index (κ2) is 4.44. The van der Waals surface area contributed by atoms with Gasteiger partial charge in [0.05, 0.1) is 12.7 Å². The topological polar surface area (TPSA) is 47.4 Å². The first-order valence-corrected chi connectivity index (χ1v) is 5.20. The Hall–Kier alpha value is -1.36. The maximum absolute atomic E-state index is 11.9. The number of amides is 1. The van der Waals surface area contributed by atoms with Crippen LogP contribution in [0.25, 0.3) is 0 Å². The summed E-state index contributed by atoms with van der Waals surface area (Å²) < 4.78 is 7.00. The summed E-state index contributed by atoms with van der Waals surface area (Å²) in [6.07, 6.45) is 5.91. The number of aromatic nitrogens is 2. The first-order chi connectivity index (χ1) is 7.31. The van der Waals surface area contributed by atoms with Gasteiger partial charge in [-0.2, -0.15) is 0 Å². The first kappa shape index (κ1) is 10.2. The van der Waals surface area contributed by atoms with Crippen molar-refractivity contribution in [2.75, 3.05) is 19.7 Å². The molecule has 0 saturated carbocycles. The van der Waals surface area contributed by atoms with Gasteiger partial charge in [0.2, 0.25) is 0 Å². The van der Waals surface area contributed by atoms with Gasteiger partial charge in [-0.3, -0.25) is 4.57 Å². The molecule has 0 radical (unpaired) electrons. The van der Waals surface area contributed by atoms with Crippen LogP contribution in [0.1, 0.15) is 13.3 Å². The number of morpholine rings is 1. The number of carbonyl (C=O) groups is 1. The predicted octanol–water partition coefficient (Wildman–Crippen LogP) is 0.962. The summed E-state index contributed by atoms with van der Waals surface area (Å²) in [6.45, 7) is 4.02. The van der Waals surface area contributed by atoms with E-state index in [1.165, 1.54) is 10.9 Å². The van der Waals surface area contributed by atoms with E-state index in [-0.39, 0.29) is 12.1 Å². The quantitative estimate of drug-likeness (QED) is 0.692. The predicted molar refractivity (Wildman–Crippen MR) is 54.6 cm³/mol. The zero-order valence-electron chi connectivity index (χ0n) is 8.80. The minimum absolute atomic E-state index is 0.0192. The molecule has 15 heavy (non-hydrogen) atoms. The molecule has 0 N–H and O–H groups in total. The molecule has 0 aliphatic carbocycles. The van der Waals surface area contributed by atoms with Gasteiger partial charge in [-0.1, -0.05) is 6.92 Å². The fourth-order valence-corrected chi connectivity index (χ4v) is 1.68. The molecular weight excluding hydrogens is 194 g/mol. The molecule has 1 saturated heterocycles. The minimum Gasteiger partial charge on any atom is -0.375 e. The number of ether oxygens (including phenoxy) is 1.